The molecule has 6 heteroatoms. The van der Waals surface area contributed by atoms with Crippen LogP contribution in [-0.2, 0) is 26.2 Å². The highest BCUT2D eigenvalue weighted by Gasteiger charge is 2.60. The number of fused-ring (bicyclic) bond motifs is 7. The maximum Gasteiger partial charge on any atom is 0.312 e. The van der Waals surface area contributed by atoms with Crippen molar-refractivity contribution in [3.05, 3.63) is 23.3 Å². The molecule has 152 valence electrons. The van der Waals surface area contributed by atoms with E-state index < -0.39 is 0 Å². The summed E-state index contributed by atoms with van der Waals surface area (Å²) in [6.45, 7) is 4.36. The molecule has 0 amide bonds. The van der Waals surface area contributed by atoms with Crippen LogP contribution in [0.2, 0.25) is 0 Å². The number of piperidine rings is 1. The van der Waals surface area contributed by atoms with E-state index in [0.29, 0.717) is 5.92 Å². The van der Waals surface area contributed by atoms with Gasteiger partial charge in [-0.3, -0.25) is 9.69 Å². The zero-order valence-corrected chi connectivity index (χ0v) is 17.1. The summed E-state index contributed by atoms with van der Waals surface area (Å²) in [4.78, 5) is 15.2. The first-order chi connectivity index (χ1) is 13.5. The molecular formula is C22H29NO5. The van der Waals surface area contributed by atoms with E-state index in [1.54, 1.807) is 21.3 Å². The molecule has 5 unspecified atom stereocenters. The summed E-state index contributed by atoms with van der Waals surface area (Å²) in [5, 5.41) is 0. The number of hydrogen-bond acceptors (Lipinski definition) is 6. The molecule has 3 heterocycles. The number of rotatable bonds is 3. The van der Waals surface area contributed by atoms with E-state index in [4.69, 9.17) is 18.9 Å². The fraction of sp³-hybridized carbons (Fsp3) is 0.682. The molecule has 6 atom stereocenters. The van der Waals surface area contributed by atoms with Crippen LogP contribution in [-0.4, -0.2) is 57.5 Å². The molecule has 4 aliphatic rings. The Morgan fingerprint density at radius 3 is 2.64 bits per heavy atom. The predicted molar refractivity (Wildman–Crippen MR) is 103 cm³/mol. The van der Waals surface area contributed by atoms with Gasteiger partial charge in [0.15, 0.2) is 11.5 Å². The lowest BCUT2D eigenvalue weighted by molar-refractivity contribution is -0.144. The van der Waals surface area contributed by atoms with Crippen LogP contribution in [0.4, 0.5) is 0 Å². The molecule has 1 saturated carbocycles. The Kier molecular flexibility index (Phi) is 4.14. The zero-order chi connectivity index (χ0) is 19.6. The lowest BCUT2D eigenvalue weighted by Gasteiger charge is -2.56. The van der Waals surface area contributed by atoms with Crippen molar-refractivity contribution in [1.82, 2.24) is 4.90 Å². The molecule has 2 saturated heterocycles. The summed E-state index contributed by atoms with van der Waals surface area (Å²) in [6, 6.07) is 4.27. The minimum absolute atomic E-state index is 0.0651. The summed E-state index contributed by atoms with van der Waals surface area (Å²) in [6.07, 6.45) is 2.68. The van der Waals surface area contributed by atoms with Gasteiger partial charge in [0.05, 0.1) is 20.1 Å². The smallest absolute Gasteiger partial charge is 0.312 e. The molecule has 0 radical (unpaired) electrons. The molecule has 3 fully saturated rings. The second-order valence-corrected chi connectivity index (χ2v) is 8.90. The van der Waals surface area contributed by atoms with E-state index in [1.165, 1.54) is 11.1 Å². The van der Waals surface area contributed by atoms with Gasteiger partial charge in [0.25, 0.3) is 0 Å². The van der Waals surface area contributed by atoms with Gasteiger partial charge in [-0.05, 0) is 61.3 Å². The van der Waals surface area contributed by atoms with Gasteiger partial charge in [-0.1, -0.05) is 0 Å². The van der Waals surface area contributed by atoms with E-state index in [2.05, 4.69) is 24.0 Å². The second-order valence-electron chi connectivity index (χ2n) is 8.90. The van der Waals surface area contributed by atoms with Gasteiger partial charge in [-0.15, -0.1) is 0 Å². The van der Waals surface area contributed by atoms with Crippen LogP contribution in [0.3, 0.4) is 0 Å². The van der Waals surface area contributed by atoms with Crippen molar-refractivity contribution in [3.8, 4) is 11.5 Å². The molecule has 1 aliphatic carbocycles. The Hall–Kier alpha value is -1.79. The quantitative estimate of drug-likeness (QED) is 0.743. The van der Waals surface area contributed by atoms with Crippen LogP contribution >= 0.6 is 0 Å². The molecule has 28 heavy (non-hydrogen) atoms. The fourth-order valence-electron chi connectivity index (χ4n) is 6.40. The minimum atomic E-state index is -0.141. The summed E-state index contributed by atoms with van der Waals surface area (Å²) >= 11 is 0. The molecule has 2 bridgehead atoms. The summed E-state index contributed by atoms with van der Waals surface area (Å²) in [5.41, 5.74) is 2.50. The molecule has 1 aromatic carbocycles. The Bertz CT molecular complexity index is 810. The number of benzene rings is 1. The zero-order valence-electron chi connectivity index (χ0n) is 17.1. The first-order valence-corrected chi connectivity index (χ1v) is 10.2. The van der Waals surface area contributed by atoms with Crippen LogP contribution in [0.15, 0.2) is 12.1 Å². The Labute approximate surface area is 166 Å². The van der Waals surface area contributed by atoms with Gasteiger partial charge in [0, 0.05) is 25.7 Å². The van der Waals surface area contributed by atoms with Crippen molar-refractivity contribution in [1.29, 1.82) is 0 Å². The highest BCUT2D eigenvalue weighted by atomic mass is 16.6. The second kappa shape index (κ2) is 6.36. The van der Waals surface area contributed by atoms with E-state index in [1.807, 2.05) is 0 Å². The lowest BCUT2D eigenvalue weighted by atomic mass is 9.61. The predicted octanol–water partition coefficient (Wildman–Crippen LogP) is 2.37. The van der Waals surface area contributed by atoms with Crippen molar-refractivity contribution >= 4 is 5.97 Å². The van der Waals surface area contributed by atoms with E-state index in [-0.39, 0.29) is 35.6 Å². The monoisotopic (exact) mass is 387 g/mol. The SMILES string of the molecule is COc1cc2c(cc1OC)[C@]1(C)CC3C(CC4OC(=O)C3C4OC)CN1CC2. The number of methoxy groups -OCH3 is 3. The van der Waals surface area contributed by atoms with Crippen LogP contribution in [0, 0.1) is 17.8 Å². The number of hydrogen-bond donors (Lipinski definition) is 0. The third kappa shape index (κ3) is 2.37. The van der Waals surface area contributed by atoms with Gasteiger partial charge in [-0.2, -0.15) is 0 Å². The van der Waals surface area contributed by atoms with Crippen molar-refractivity contribution in [2.75, 3.05) is 34.4 Å². The first-order valence-electron chi connectivity index (χ1n) is 10.2. The molecular weight excluding hydrogens is 358 g/mol. The lowest BCUT2D eigenvalue weighted by Crippen LogP contribution is -2.60. The average molecular weight is 387 g/mol. The Balaban J connectivity index is 1.55. The molecule has 3 aliphatic heterocycles. The van der Waals surface area contributed by atoms with Gasteiger partial charge >= 0.3 is 5.97 Å². The largest absolute Gasteiger partial charge is 0.493 e. The third-order valence-corrected chi connectivity index (χ3v) is 7.76. The summed E-state index contributed by atoms with van der Waals surface area (Å²) in [7, 11) is 5.07. The maximum absolute atomic E-state index is 12.6. The number of ether oxygens (including phenoxy) is 4. The normalized spacial score (nSPS) is 38.9. The van der Waals surface area contributed by atoms with E-state index in [9.17, 15) is 4.79 Å². The number of esters is 1. The van der Waals surface area contributed by atoms with Crippen LogP contribution in [0.1, 0.15) is 30.9 Å². The fourth-order valence-corrected chi connectivity index (χ4v) is 6.40. The standard InChI is InChI=1S/C22H29NO5/c1-22-10-14-13(8-18-20(27-4)19(14)21(24)28-18)11-23(22)6-5-12-7-16(25-2)17(26-3)9-15(12)22/h7,9,13-14,18-20H,5-6,8,10-11H2,1-4H3/t13?,14?,18?,19?,20?,22-/m0/s1. The van der Waals surface area contributed by atoms with E-state index in [0.717, 1.165) is 43.9 Å². The maximum atomic E-state index is 12.6. The Morgan fingerprint density at radius 1 is 1.18 bits per heavy atom. The highest BCUT2D eigenvalue weighted by Crippen LogP contribution is 2.55. The number of carbonyl (C=O) groups excluding carboxylic acids is 1. The van der Waals surface area contributed by atoms with Crippen LogP contribution in [0.5, 0.6) is 11.5 Å². The summed E-state index contributed by atoms with van der Waals surface area (Å²) in [5.74, 6) is 2.12. The van der Waals surface area contributed by atoms with E-state index >= 15 is 0 Å². The third-order valence-electron chi connectivity index (χ3n) is 7.76. The minimum Gasteiger partial charge on any atom is -0.493 e. The van der Waals surface area contributed by atoms with Crippen molar-refractivity contribution in [3.63, 3.8) is 0 Å². The highest BCUT2D eigenvalue weighted by molar-refractivity contribution is 5.77. The molecule has 0 N–H and O–H groups in total. The van der Waals surface area contributed by atoms with Gasteiger partial charge in [0.2, 0.25) is 0 Å². The van der Waals surface area contributed by atoms with Crippen LogP contribution in [0.25, 0.3) is 0 Å². The van der Waals surface area contributed by atoms with Gasteiger partial charge in [-0.25, -0.2) is 0 Å². The van der Waals surface area contributed by atoms with Crippen LogP contribution < -0.4 is 9.47 Å². The molecule has 6 nitrogen and oxygen atoms in total. The molecule has 5 rings (SSSR count). The summed E-state index contributed by atoms with van der Waals surface area (Å²) < 4.78 is 22.5. The van der Waals surface area contributed by atoms with Crippen molar-refractivity contribution in [2.45, 2.75) is 43.9 Å². The Morgan fingerprint density at radius 2 is 1.93 bits per heavy atom. The molecule has 1 aromatic rings. The van der Waals surface area contributed by atoms with Crippen molar-refractivity contribution < 1.29 is 23.7 Å². The number of carbonyl (C=O) groups is 1. The molecule has 0 spiro atoms. The molecule has 0 aromatic heterocycles. The number of nitrogens with zero attached hydrogens (tertiary/aromatic N) is 1. The van der Waals surface area contributed by atoms with Crippen molar-refractivity contribution in [2.24, 2.45) is 17.8 Å². The first kappa shape index (κ1) is 18.3. The van der Waals surface area contributed by atoms with Gasteiger partial charge < -0.3 is 18.9 Å². The average Bonchev–Trinajstić information content (AvgIpc) is 2.94. The van der Waals surface area contributed by atoms with Gasteiger partial charge in [0.1, 0.15) is 12.2 Å². The topological polar surface area (TPSA) is 57.2 Å².